The van der Waals surface area contributed by atoms with E-state index in [1.165, 1.54) is 17.6 Å². The Labute approximate surface area is 164 Å². The number of likely N-dealkylation sites (tertiary alicyclic amines) is 1. The van der Waals surface area contributed by atoms with Crippen molar-refractivity contribution >= 4 is 23.2 Å². The van der Waals surface area contributed by atoms with Crippen molar-refractivity contribution in [2.45, 2.75) is 32.4 Å². The first-order valence-electron chi connectivity index (χ1n) is 9.27. The molecule has 0 bridgehead atoms. The highest BCUT2D eigenvalue weighted by Gasteiger charge is 2.30. The average molecular weight is 387 g/mol. The van der Waals surface area contributed by atoms with Gasteiger partial charge in [0.05, 0.1) is 7.11 Å². The predicted octanol–water partition coefficient (Wildman–Crippen LogP) is 3.30. The van der Waals surface area contributed by atoms with Gasteiger partial charge in [-0.05, 0) is 55.4 Å². The molecule has 1 unspecified atom stereocenters. The van der Waals surface area contributed by atoms with Gasteiger partial charge in [0.1, 0.15) is 0 Å². The second-order valence-electron chi connectivity index (χ2n) is 6.95. The van der Waals surface area contributed by atoms with Crippen LogP contribution in [0.15, 0.2) is 41.8 Å². The number of esters is 1. The van der Waals surface area contributed by atoms with E-state index in [1.807, 2.05) is 30.3 Å². The molecular weight excluding hydrogens is 360 g/mol. The van der Waals surface area contributed by atoms with Gasteiger partial charge < -0.3 is 10.1 Å². The number of amides is 1. The fourth-order valence-electron chi connectivity index (χ4n) is 3.42. The van der Waals surface area contributed by atoms with E-state index in [4.69, 9.17) is 4.74 Å². The molecular formula is C21H26N2O3S. The maximum atomic E-state index is 12.7. The third-order valence-corrected chi connectivity index (χ3v) is 6.16. The summed E-state index contributed by atoms with van der Waals surface area (Å²) in [5, 5.41) is 5.02. The summed E-state index contributed by atoms with van der Waals surface area (Å²) in [7, 11) is 1.34. The molecule has 3 rings (SSSR count). The highest BCUT2D eigenvalue weighted by atomic mass is 32.1. The van der Waals surface area contributed by atoms with Crippen molar-refractivity contribution in [3.05, 3.63) is 57.8 Å². The molecule has 2 aromatic rings. The lowest BCUT2D eigenvalue weighted by molar-refractivity contribution is -0.146. The zero-order chi connectivity index (χ0) is 19.2. The van der Waals surface area contributed by atoms with E-state index in [2.05, 4.69) is 28.6 Å². The van der Waals surface area contributed by atoms with Crippen LogP contribution < -0.4 is 5.32 Å². The number of carbonyl (C=O) groups excluding carboxylic acids is 2. The lowest BCUT2D eigenvalue weighted by Crippen LogP contribution is -2.43. The van der Waals surface area contributed by atoms with Crippen molar-refractivity contribution in [2.24, 2.45) is 5.92 Å². The Kier molecular flexibility index (Phi) is 6.63. The van der Waals surface area contributed by atoms with Crippen molar-refractivity contribution in [3.63, 3.8) is 0 Å². The summed E-state index contributed by atoms with van der Waals surface area (Å²) < 4.78 is 4.88. The van der Waals surface area contributed by atoms with Crippen LogP contribution in [-0.4, -0.2) is 37.0 Å². The zero-order valence-corrected chi connectivity index (χ0v) is 16.6. The number of carbonyl (C=O) groups is 2. The van der Waals surface area contributed by atoms with Gasteiger partial charge in [-0.25, -0.2) is 4.79 Å². The minimum Gasteiger partial charge on any atom is -0.467 e. The Hall–Kier alpha value is -2.18. The third-order valence-electron chi connectivity index (χ3n) is 5.15. The van der Waals surface area contributed by atoms with E-state index in [-0.39, 0.29) is 11.8 Å². The molecule has 5 nitrogen and oxygen atoms in total. The van der Waals surface area contributed by atoms with E-state index in [9.17, 15) is 9.59 Å². The largest absolute Gasteiger partial charge is 0.467 e. The van der Waals surface area contributed by atoms with Crippen molar-refractivity contribution < 1.29 is 14.3 Å². The molecule has 1 saturated heterocycles. The summed E-state index contributed by atoms with van der Waals surface area (Å²) in [6.45, 7) is 4.88. The number of methoxy groups -OCH3 is 1. The summed E-state index contributed by atoms with van der Waals surface area (Å²) in [4.78, 5) is 28.7. The number of hydrogen-bond acceptors (Lipinski definition) is 5. The quantitative estimate of drug-likeness (QED) is 0.774. The average Bonchev–Trinajstić information content (AvgIpc) is 3.11. The summed E-state index contributed by atoms with van der Waals surface area (Å²) in [6, 6.07) is 10.6. The van der Waals surface area contributed by atoms with Gasteiger partial charge in [0.15, 0.2) is 6.04 Å². The number of nitrogens with zero attached hydrogens (tertiary/aromatic N) is 1. The minimum atomic E-state index is -0.754. The number of piperidine rings is 1. The molecule has 1 atom stereocenters. The van der Waals surface area contributed by atoms with E-state index in [0.29, 0.717) is 0 Å². The van der Waals surface area contributed by atoms with Gasteiger partial charge in [-0.2, -0.15) is 0 Å². The molecule has 0 saturated carbocycles. The molecule has 1 aromatic heterocycles. The van der Waals surface area contributed by atoms with Gasteiger partial charge in [-0.15, -0.1) is 11.3 Å². The molecule has 1 N–H and O–H groups in total. The Balaban J connectivity index is 1.56. The van der Waals surface area contributed by atoms with Crippen LogP contribution in [0.3, 0.4) is 0 Å². The maximum Gasteiger partial charge on any atom is 0.333 e. The van der Waals surface area contributed by atoms with Crippen LogP contribution in [0.25, 0.3) is 0 Å². The first-order chi connectivity index (χ1) is 13.1. The summed E-state index contributed by atoms with van der Waals surface area (Å²) in [5.41, 5.74) is 2.08. The lowest BCUT2D eigenvalue weighted by atomic mass is 9.95. The molecule has 0 spiro atoms. The highest BCUT2D eigenvalue weighted by Crippen LogP contribution is 2.24. The fourth-order valence-corrected chi connectivity index (χ4v) is 4.37. The van der Waals surface area contributed by atoms with Crippen molar-refractivity contribution in [2.75, 3.05) is 20.2 Å². The smallest absolute Gasteiger partial charge is 0.333 e. The standard InChI is InChI=1S/C21H26N2O3S/c1-15-10-13-27-18(15)14-23-11-8-17(9-12-23)20(24)22-19(21(25)26-2)16-6-4-3-5-7-16/h3-7,10,13,17,19H,8-9,11-12,14H2,1-2H3,(H,22,24). The molecule has 1 fully saturated rings. The second kappa shape index (κ2) is 9.15. The third kappa shape index (κ3) is 4.96. The Bertz CT molecular complexity index is 767. The van der Waals surface area contributed by atoms with Crippen molar-refractivity contribution in [1.29, 1.82) is 0 Å². The molecule has 1 amide bonds. The molecule has 27 heavy (non-hydrogen) atoms. The maximum absolute atomic E-state index is 12.7. The number of aryl methyl sites for hydroxylation is 1. The number of benzene rings is 1. The molecule has 1 aromatic carbocycles. The van der Waals surface area contributed by atoms with Gasteiger partial charge in [-0.3, -0.25) is 9.69 Å². The molecule has 0 radical (unpaired) electrons. The first kappa shape index (κ1) is 19.6. The normalized spacial score (nSPS) is 16.7. The van der Waals surface area contributed by atoms with Crippen molar-refractivity contribution in [1.82, 2.24) is 10.2 Å². The van der Waals surface area contributed by atoms with Crippen LogP contribution in [-0.2, 0) is 20.9 Å². The zero-order valence-electron chi connectivity index (χ0n) is 15.8. The molecule has 1 aliphatic heterocycles. The Morgan fingerprint density at radius 2 is 1.93 bits per heavy atom. The minimum absolute atomic E-state index is 0.0680. The number of ether oxygens (including phenoxy) is 1. The summed E-state index contributed by atoms with van der Waals surface area (Å²) in [6.07, 6.45) is 1.61. The molecule has 6 heteroatoms. The van der Waals surface area contributed by atoms with E-state index < -0.39 is 12.0 Å². The van der Waals surface area contributed by atoms with Gasteiger partial charge in [0, 0.05) is 17.3 Å². The van der Waals surface area contributed by atoms with Gasteiger partial charge >= 0.3 is 5.97 Å². The SMILES string of the molecule is COC(=O)C(NC(=O)C1CCN(Cc2sccc2C)CC1)c1ccccc1. The van der Waals surface area contributed by atoms with Crippen LogP contribution in [0, 0.1) is 12.8 Å². The van der Waals surface area contributed by atoms with Crippen molar-refractivity contribution in [3.8, 4) is 0 Å². The number of rotatable bonds is 6. The molecule has 0 aliphatic carbocycles. The fraction of sp³-hybridized carbons (Fsp3) is 0.429. The second-order valence-corrected chi connectivity index (χ2v) is 7.95. The lowest BCUT2D eigenvalue weighted by Gasteiger charge is -2.31. The number of nitrogens with one attached hydrogen (secondary N) is 1. The van der Waals surface area contributed by atoms with Crippen LogP contribution in [0.1, 0.15) is 34.9 Å². The Morgan fingerprint density at radius 1 is 1.22 bits per heavy atom. The first-order valence-corrected chi connectivity index (χ1v) is 10.1. The van der Waals surface area contributed by atoms with Gasteiger partial charge in [0.2, 0.25) is 5.91 Å². The summed E-state index contributed by atoms with van der Waals surface area (Å²) >= 11 is 1.79. The van der Waals surface area contributed by atoms with Crippen LogP contribution >= 0.6 is 11.3 Å². The van der Waals surface area contributed by atoms with E-state index in [1.54, 1.807) is 11.3 Å². The van der Waals surface area contributed by atoms with Crippen LogP contribution in [0.4, 0.5) is 0 Å². The highest BCUT2D eigenvalue weighted by molar-refractivity contribution is 7.10. The number of thiophene rings is 1. The van der Waals surface area contributed by atoms with Crippen LogP contribution in [0.2, 0.25) is 0 Å². The summed E-state index contributed by atoms with van der Waals surface area (Å²) in [5.74, 6) is -0.581. The molecule has 144 valence electrons. The van der Waals surface area contributed by atoms with E-state index in [0.717, 1.165) is 38.0 Å². The van der Waals surface area contributed by atoms with Crippen LogP contribution in [0.5, 0.6) is 0 Å². The predicted molar refractivity (Wildman–Crippen MR) is 106 cm³/mol. The van der Waals surface area contributed by atoms with Gasteiger partial charge in [0.25, 0.3) is 0 Å². The molecule has 1 aliphatic rings. The topological polar surface area (TPSA) is 58.6 Å². The van der Waals surface area contributed by atoms with Gasteiger partial charge in [-0.1, -0.05) is 30.3 Å². The Morgan fingerprint density at radius 3 is 2.52 bits per heavy atom. The van der Waals surface area contributed by atoms with E-state index >= 15 is 0 Å². The monoisotopic (exact) mass is 386 g/mol. The molecule has 2 heterocycles. The number of hydrogen-bond donors (Lipinski definition) is 1.